The molecule has 0 atom stereocenters. The van der Waals surface area contributed by atoms with Gasteiger partial charge in [-0.3, -0.25) is 19.2 Å². The number of hydrogen-bond acceptors (Lipinski definition) is 10. The normalized spacial score (nSPS) is 9.94. The van der Waals surface area contributed by atoms with Crippen LogP contribution in [0.5, 0.6) is 11.5 Å². The lowest BCUT2D eigenvalue weighted by molar-refractivity contribution is -0.133. The molecule has 0 spiro atoms. The molecule has 0 fully saturated rings. The van der Waals surface area contributed by atoms with Crippen LogP contribution in [-0.2, 0) is 28.7 Å². The molecular weight excluding hydrogens is 428 g/mol. The fraction of sp³-hybridized carbons (Fsp3) is 0.400. The van der Waals surface area contributed by atoms with Crippen LogP contribution in [0.2, 0.25) is 0 Å². The summed E-state index contributed by atoms with van der Waals surface area (Å²) in [6.45, 7) is 6.95. The topological polar surface area (TPSA) is 163 Å². The summed E-state index contributed by atoms with van der Waals surface area (Å²) in [6.07, 6.45) is 0. The van der Waals surface area contributed by atoms with Gasteiger partial charge in [0.25, 0.3) is 0 Å². The number of amides is 2. The molecule has 32 heavy (non-hydrogen) atoms. The van der Waals surface area contributed by atoms with Crippen molar-refractivity contribution in [1.29, 1.82) is 0 Å². The number of nitrogens with one attached hydrogen (secondary N) is 2. The monoisotopic (exact) mass is 452 g/mol. The Morgan fingerprint density at radius 1 is 0.625 bits per heavy atom. The standard InChI is InChI=1S/C20H24N2O10/c1-7-29-19(27)13-15(21-9(3)23)18(32-12(6)26)14(20(28)30-8-2)16(22-10(4)24)17(13)31-11(5)25/h7-8H2,1-6H3,(H,21,23)(H,22,24). The third-order valence-corrected chi connectivity index (χ3v) is 3.46. The van der Waals surface area contributed by atoms with Gasteiger partial charge in [-0.05, 0) is 13.8 Å². The summed E-state index contributed by atoms with van der Waals surface area (Å²) < 4.78 is 20.3. The molecule has 1 aromatic carbocycles. The maximum atomic E-state index is 12.8. The van der Waals surface area contributed by atoms with Gasteiger partial charge in [-0.25, -0.2) is 9.59 Å². The van der Waals surface area contributed by atoms with Crippen molar-refractivity contribution < 1.29 is 47.7 Å². The predicted molar refractivity (Wildman–Crippen MR) is 110 cm³/mol. The third-order valence-electron chi connectivity index (χ3n) is 3.46. The van der Waals surface area contributed by atoms with Crippen molar-refractivity contribution in [3.63, 3.8) is 0 Å². The zero-order valence-electron chi connectivity index (χ0n) is 18.5. The van der Waals surface area contributed by atoms with Crippen LogP contribution in [0.4, 0.5) is 11.4 Å². The predicted octanol–water partition coefficient (Wildman–Crippen LogP) is 1.81. The van der Waals surface area contributed by atoms with E-state index in [1.54, 1.807) is 0 Å². The highest BCUT2D eigenvalue weighted by Crippen LogP contribution is 2.47. The van der Waals surface area contributed by atoms with Gasteiger partial charge in [0.05, 0.1) is 13.2 Å². The maximum Gasteiger partial charge on any atom is 0.344 e. The summed E-state index contributed by atoms with van der Waals surface area (Å²) in [7, 11) is 0. The highest BCUT2D eigenvalue weighted by atomic mass is 16.6. The summed E-state index contributed by atoms with van der Waals surface area (Å²) in [5, 5.41) is 4.58. The number of hydrogen-bond donors (Lipinski definition) is 2. The van der Waals surface area contributed by atoms with Gasteiger partial charge in [-0.2, -0.15) is 0 Å². The molecule has 1 aromatic rings. The lowest BCUT2D eigenvalue weighted by Crippen LogP contribution is -2.23. The second-order valence-electron chi connectivity index (χ2n) is 6.15. The van der Waals surface area contributed by atoms with Crippen molar-refractivity contribution in [3.05, 3.63) is 11.1 Å². The first-order valence-electron chi connectivity index (χ1n) is 9.44. The van der Waals surface area contributed by atoms with Gasteiger partial charge in [0.1, 0.15) is 22.5 Å². The maximum absolute atomic E-state index is 12.8. The Labute approximate surface area is 183 Å². The fourth-order valence-electron chi connectivity index (χ4n) is 2.58. The SMILES string of the molecule is CCOC(=O)c1c(NC(C)=O)c(OC(C)=O)c(C(=O)OCC)c(NC(C)=O)c1OC(C)=O. The molecule has 0 aliphatic carbocycles. The van der Waals surface area contributed by atoms with E-state index in [4.69, 9.17) is 18.9 Å². The zero-order chi connectivity index (χ0) is 24.6. The Hall–Kier alpha value is -3.96. The molecule has 174 valence electrons. The van der Waals surface area contributed by atoms with E-state index in [-0.39, 0.29) is 13.2 Å². The summed E-state index contributed by atoms with van der Waals surface area (Å²) in [6, 6.07) is 0. The van der Waals surface area contributed by atoms with Gasteiger partial charge in [0.15, 0.2) is 11.5 Å². The lowest BCUT2D eigenvalue weighted by Gasteiger charge is -2.23. The van der Waals surface area contributed by atoms with Crippen molar-refractivity contribution in [2.75, 3.05) is 23.8 Å². The van der Waals surface area contributed by atoms with Crippen molar-refractivity contribution >= 4 is 47.1 Å². The summed E-state index contributed by atoms with van der Waals surface area (Å²) in [5.41, 5.74) is -2.10. The number of ether oxygens (including phenoxy) is 4. The van der Waals surface area contributed by atoms with Gasteiger partial charge in [-0.15, -0.1) is 0 Å². The van der Waals surface area contributed by atoms with Crippen molar-refractivity contribution in [3.8, 4) is 11.5 Å². The van der Waals surface area contributed by atoms with E-state index in [0.717, 1.165) is 27.7 Å². The Morgan fingerprint density at radius 2 is 0.938 bits per heavy atom. The van der Waals surface area contributed by atoms with E-state index in [0.29, 0.717) is 0 Å². The highest BCUT2D eigenvalue weighted by molar-refractivity contribution is 6.15. The molecule has 12 nitrogen and oxygen atoms in total. The van der Waals surface area contributed by atoms with Gasteiger partial charge in [0, 0.05) is 27.7 Å². The molecule has 2 amide bonds. The van der Waals surface area contributed by atoms with Crippen LogP contribution in [0, 0.1) is 0 Å². The van der Waals surface area contributed by atoms with Crippen LogP contribution in [0.25, 0.3) is 0 Å². The van der Waals surface area contributed by atoms with Crippen LogP contribution in [0.15, 0.2) is 0 Å². The minimum Gasteiger partial charge on any atom is -0.462 e. The molecule has 0 bridgehead atoms. The van der Waals surface area contributed by atoms with E-state index in [2.05, 4.69) is 10.6 Å². The fourth-order valence-corrected chi connectivity index (χ4v) is 2.58. The lowest BCUT2D eigenvalue weighted by atomic mass is 10.0. The van der Waals surface area contributed by atoms with Crippen molar-refractivity contribution in [1.82, 2.24) is 0 Å². The van der Waals surface area contributed by atoms with Crippen LogP contribution >= 0.6 is 0 Å². The molecule has 0 saturated heterocycles. The summed E-state index contributed by atoms with van der Waals surface area (Å²) in [4.78, 5) is 73.0. The van der Waals surface area contributed by atoms with E-state index >= 15 is 0 Å². The number of rotatable bonds is 8. The van der Waals surface area contributed by atoms with Crippen LogP contribution in [0.3, 0.4) is 0 Å². The molecule has 0 heterocycles. The Balaban J connectivity index is 4.33. The third kappa shape index (κ3) is 6.52. The smallest absolute Gasteiger partial charge is 0.344 e. The average Bonchev–Trinajstić information content (AvgIpc) is 2.63. The Bertz CT molecular complexity index is 834. The molecule has 0 aliphatic rings. The Morgan fingerprint density at radius 3 is 1.16 bits per heavy atom. The molecule has 0 aromatic heterocycles. The number of carbonyl (C=O) groups is 6. The van der Waals surface area contributed by atoms with Gasteiger partial charge < -0.3 is 29.6 Å². The first-order valence-corrected chi connectivity index (χ1v) is 9.44. The minimum atomic E-state index is -1.09. The van der Waals surface area contributed by atoms with Gasteiger partial charge >= 0.3 is 23.9 Å². The zero-order valence-corrected chi connectivity index (χ0v) is 18.5. The molecule has 12 heteroatoms. The molecule has 0 aliphatic heterocycles. The molecular formula is C20H24N2O10. The van der Waals surface area contributed by atoms with E-state index in [9.17, 15) is 28.8 Å². The first kappa shape index (κ1) is 26.1. The second kappa shape index (κ2) is 11.4. The van der Waals surface area contributed by atoms with E-state index in [1.807, 2.05) is 0 Å². The summed E-state index contributed by atoms with van der Waals surface area (Å²) in [5.74, 6) is -6.69. The van der Waals surface area contributed by atoms with E-state index in [1.165, 1.54) is 13.8 Å². The van der Waals surface area contributed by atoms with Gasteiger partial charge in [0.2, 0.25) is 11.8 Å². The van der Waals surface area contributed by atoms with Crippen LogP contribution < -0.4 is 20.1 Å². The van der Waals surface area contributed by atoms with Crippen LogP contribution in [-0.4, -0.2) is 48.9 Å². The largest absolute Gasteiger partial charge is 0.462 e. The van der Waals surface area contributed by atoms with Crippen molar-refractivity contribution in [2.24, 2.45) is 0 Å². The second-order valence-corrected chi connectivity index (χ2v) is 6.15. The molecule has 1 rings (SSSR count). The average molecular weight is 452 g/mol. The summed E-state index contributed by atoms with van der Waals surface area (Å²) >= 11 is 0. The highest BCUT2D eigenvalue weighted by Gasteiger charge is 2.36. The van der Waals surface area contributed by atoms with Gasteiger partial charge in [-0.1, -0.05) is 0 Å². The van der Waals surface area contributed by atoms with E-state index < -0.39 is 69.7 Å². The Kier molecular flexibility index (Phi) is 9.32. The molecule has 0 radical (unpaired) electrons. The first-order chi connectivity index (χ1) is 14.9. The number of benzene rings is 1. The number of carbonyl (C=O) groups excluding carboxylic acids is 6. The van der Waals surface area contributed by atoms with Crippen LogP contribution in [0.1, 0.15) is 62.3 Å². The number of esters is 4. The molecule has 0 saturated carbocycles. The molecule has 2 N–H and O–H groups in total. The minimum absolute atomic E-state index is 0.115. The molecule has 0 unspecified atom stereocenters. The van der Waals surface area contributed by atoms with Crippen molar-refractivity contribution in [2.45, 2.75) is 41.5 Å². The number of anilines is 2. The quantitative estimate of drug-likeness (QED) is 0.439.